The molecule has 1 fully saturated rings. The van der Waals surface area contributed by atoms with Gasteiger partial charge in [0.15, 0.2) is 5.82 Å². The SMILES string of the molecule is Cc1cc(-c2nc(Nc3ccc(N4CCNCC4)cn3)ncc2F)cc2c1nc1n2CC(C)C1. The van der Waals surface area contributed by atoms with Crippen molar-refractivity contribution in [1.82, 2.24) is 29.8 Å². The molecule has 6 rings (SSSR count). The number of fused-ring (bicyclic) bond motifs is 3. The average Bonchev–Trinajstić information content (AvgIpc) is 3.38. The Hall–Kier alpha value is -3.59. The molecule has 1 aromatic carbocycles. The molecule has 3 aromatic heterocycles. The lowest BCUT2D eigenvalue weighted by molar-refractivity contribution is 0.571. The predicted molar refractivity (Wildman–Crippen MR) is 131 cm³/mol. The smallest absolute Gasteiger partial charge is 0.229 e. The molecule has 0 aliphatic carbocycles. The van der Waals surface area contributed by atoms with Crippen LogP contribution in [-0.2, 0) is 13.0 Å². The Morgan fingerprint density at radius 2 is 1.94 bits per heavy atom. The van der Waals surface area contributed by atoms with Crippen LogP contribution in [0.3, 0.4) is 0 Å². The number of aryl methyl sites for hydroxylation is 1. The summed E-state index contributed by atoms with van der Waals surface area (Å²) in [6, 6.07) is 7.87. The fourth-order valence-corrected chi connectivity index (χ4v) is 4.94. The minimum absolute atomic E-state index is 0.265. The fourth-order valence-electron chi connectivity index (χ4n) is 4.94. The number of piperazine rings is 1. The Balaban J connectivity index is 1.29. The molecule has 34 heavy (non-hydrogen) atoms. The molecular formula is C25H27FN8. The van der Waals surface area contributed by atoms with Crippen LogP contribution in [0, 0.1) is 18.7 Å². The van der Waals surface area contributed by atoms with E-state index in [0.29, 0.717) is 17.7 Å². The molecule has 1 saturated heterocycles. The number of nitrogens with zero attached hydrogens (tertiary/aromatic N) is 6. The lowest BCUT2D eigenvalue weighted by Crippen LogP contribution is -2.43. The van der Waals surface area contributed by atoms with Gasteiger partial charge in [-0.05, 0) is 42.7 Å². The molecule has 2 aliphatic rings. The van der Waals surface area contributed by atoms with Crippen LogP contribution < -0.4 is 15.5 Å². The van der Waals surface area contributed by atoms with E-state index in [-0.39, 0.29) is 5.69 Å². The minimum Gasteiger partial charge on any atom is -0.368 e. The van der Waals surface area contributed by atoms with Crippen molar-refractivity contribution in [3.05, 3.63) is 53.9 Å². The van der Waals surface area contributed by atoms with Gasteiger partial charge in [0.2, 0.25) is 5.95 Å². The van der Waals surface area contributed by atoms with E-state index in [1.807, 2.05) is 37.4 Å². The van der Waals surface area contributed by atoms with Gasteiger partial charge in [-0.3, -0.25) is 0 Å². The van der Waals surface area contributed by atoms with Crippen LogP contribution >= 0.6 is 0 Å². The summed E-state index contributed by atoms with van der Waals surface area (Å²) in [7, 11) is 0. The Bertz CT molecular complexity index is 1360. The van der Waals surface area contributed by atoms with Gasteiger partial charge >= 0.3 is 0 Å². The quantitative estimate of drug-likeness (QED) is 0.483. The molecule has 2 N–H and O–H groups in total. The van der Waals surface area contributed by atoms with Crippen molar-refractivity contribution in [2.45, 2.75) is 26.8 Å². The molecule has 1 unspecified atom stereocenters. The largest absolute Gasteiger partial charge is 0.368 e. The van der Waals surface area contributed by atoms with Crippen molar-refractivity contribution in [3.63, 3.8) is 0 Å². The van der Waals surface area contributed by atoms with Gasteiger partial charge in [-0.1, -0.05) is 6.92 Å². The summed E-state index contributed by atoms with van der Waals surface area (Å²) < 4.78 is 17.1. The number of nitrogens with one attached hydrogen (secondary N) is 2. The van der Waals surface area contributed by atoms with Crippen LogP contribution in [0.4, 0.5) is 21.8 Å². The molecule has 4 aromatic rings. The van der Waals surface area contributed by atoms with Crippen molar-refractivity contribution in [3.8, 4) is 11.3 Å². The molecule has 0 spiro atoms. The maximum atomic E-state index is 14.8. The maximum Gasteiger partial charge on any atom is 0.229 e. The second kappa shape index (κ2) is 8.32. The number of anilines is 3. The first-order chi connectivity index (χ1) is 16.5. The monoisotopic (exact) mass is 458 g/mol. The Morgan fingerprint density at radius 3 is 2.74 bits per heavy atom. The van der Waals surface area contributed by atoms with Crippen molar-refractivity contribution in [1.29, 1.82) is 0 Å². The molecule has 0 amide bonds. The van der Waals surface area contributed by atoms with Crippen LogP contribution in [0.2, 0.25) is 0 Å². The van der Waals surface area contributed by atoms with Crippen LogP contribution in [-0.4, -0.2) is 50.7 Å². The first kappa shape index (κ1) is 21.0. The highest BCUT2D eigenvalue weighted by Crippen LogP contribution is 2.32. The predicted octanol–water partition coefficient (Wildman–Crippen LogP) is 3.68. The summed E-state index contributed by atoms with van der Waals surface area (Å²) in [5.74, 6) is 2.13. The van der Waals surface area contributed by atoms with Gasteiger partial charge in [-0.15, -0.1) is 0 Å². The topological polar surface area (TPSA) is 83.8 Å². The second-order valence-electron chi connectivity index (χ2n) is 9.26. The van der Waals surface area contributed by atoms with Gasteiger partial charge < -0.3 is 20.1 Å². The maximum absolute atomic E-state index is 14.8. The highest BCUT2D eigenvalue weighted by atomic mass is 19.1. The van der Waals surface area contributed by atoms with E-state index in [0.717, 1.165) is 72.8 Å². The first-order valence-electron chi connectivity index (χ1n) is 11.8. The number of rotatable bonds is 4. The van der Waals surface area contributed by atoms with Gasteiger partial charge in [0, 0.05) is 44.7 Å². The molecule has 9 heteroatoms. The van der Waals surface area contributed by atoms with Gasteiger partial charge in [-0.25, -0.2) is 24.3 Å². The van der Waals surface area contributed by atoms with E-state index < -0.39 is 5.82 Å². The second-order valence-corrected chi connectivity index (χ2v) is 9.26. The zero-order chi connectivity index (χ0) is 23.2. The minimum atomic E-state index is -0.458. The van der Waals surface area contributed by atoms with Gasteiger partial charge in [0.25, 0.3) is 0 Å². The molecule has 0 saturated carbocycles. The highest BCUT2D eigenvalue weighted by Gasteiger charge is 2.23. The van der Waals surface area contributed by atoms with Gasteiger partial charge in [-0.2, -0.15) is 0 Å². The van der Waals surface area contributed by atoms with Crippen LogP contribution in [0.25, 0.3) is 22.3 Å². The molecule has 5 heterocycles. The molecule has 1 atom stereocenters. The van der Waals surface area contributed by atoms with Crippen LogP contribution in [0.15, 0.2) is 36.7 Å². The number of pyridine rings is 1. The van der Waals surface area contributed by atoms with E-state index >= 15 is 0 Å². The number of halogens is 1. The van der Waals surface area contributed by atoms with Gasteiger partial charge in [0.1, 0.15) is 17.3 Å². The molecule has 174 valence electrons. The van der Waals surface area contributed by atoms with Crippen LogP contribution in [0.1, 0.15) is 18.3 Å². The summed E-state index contributed by atoms with van der Waals surface area (Å²) >= 11 is 0. The third-order valence-electron chi connectivity index (χ3n) is 6.64. The summed E-state index contributed by atoms with van der Waals surface area (Å²) in [6.45, 7) is 9.04. The molecule has 8 nitrogen and oxygen atoms in total. The van der Waals surface area contributed by atoms with Crippen molar-refractivity contribution >= 4 is 28.5 Å². The summed E-state index contributed by atoms with van der Waals surface area (Å²) in [6.07, 6.45) is 4.03. The Kier molecular flexibility index (Phi) is 5.13. The van der Waals surface area contributed by atoms with E-state index in [4.69, 9.17) is 4.98 Å². The van der Waals surface area contributed by atoms with E-state index in [1.54, 1.807) is 0 Å². The third-order valence-corrected chi connectivity index (χ3v) is 6.64. The fraction of sp³-hybridized carbons (Fsp3) is 0.360. The van der Waals surface area contributed by atoms with Crippen molar-refractivity contribution in [2.75, 3.05) is 36.4 Å². The lowest BCUT2D eigenvalue weighted by atomic mass is 10.1. The molecule has 0 radical (unpaired) electrons. The van der Waals surface area contributed by atoms with Crippen molar-refractivity contribution in [2.24, 2.45) is 5.92 Å². The summed E-state index contributed by atoms with van der Waals surface area (Å²) in [5.41, 5.74) is 5.09. The van der Waals surface area contributed by atoms with Gasteiger partial charge in [0.05, 0.1) is 29.1 Å². The summed E-state index contributed by atoms with van der Waals surface area (Å²) in [4.78, 5) is 20.3. The first-order valence-corrected chi connectivity index (χ1v) is 11.8. The lowest BCUT2D eigenvalue weighted by Gasteiger charge is -2.29. The van der Waals surface area contributed by atoms with E-state index in [2.05, 4.69) is 42.0 Å². The van der Waals surface area contributed by atoms with Crippen molar-refractivity contribution < 1.29 is 4.39 Å². The Labute approximate surface area is 197 Å². The number of imidazole rings is 1. The Morgan fingerprint density at radius 1 is 1.09 bits per heavy atom. The molecule has 0 bridgehead atoms. The average molecular weight is 459 g/mol. The third kappa shape index (κ3) is 3.75. The standard InChI is InChI=1S/C25H27FN8/c1-15-9-22-31-23-16(2)10-17(11-20(23)34(22)14-15)24-19(26)13-29-25(32-24)30-21-4-3-18(12-28-21)33-7-5-27-6-8-33/h3-4,10-13,15,27H,5-9,14H2,1-2H3,(H,28,29,30,32). The van der Waals surface area contributed by atoms with Crippen LogP contribution in [0.5, 0.6) is 0 Å². The number of aromatic nitrogens is 5. The number of benzene rings is 1. The summed E-state index contributed by atoms with van der Waals surface area (Å²) in [5, 5.41) is 6.47. The zero-order valence-electron chi connectivity index (χ0n) is 19.3. The highest BCUT2D eigenvalue weighted by molar-refractivity contribution is 5.85. The van der Waals surface area contributed by atoms with E-state index in [1.165, 1.54) is 6.20 Å². The molecule has 2 aliphatic heterocycles. The van der Waals surface area contributed by atoms with E-state index in [9.17, 15) is 4.39 Å². The normalized spacial score (nSPS) is 17.9. The number of hydrogen-bond donors (Lipinski definition) is 2. The zero-order valence-corrected chi connectivity index (χ0v) is 19.3. The number of hydrogen-bond acceptors (Lipinski definition) is 7. The molecular weight excluding hydrogens is 431 g/mol.